The summed E-state index contributed by atoms with van der Waals surface area (Å²) in [7, 11) is 0. The van der Waals surface area contributed by atoms with Gasteiger partial charge in [-0.25, -0.2) is 0 Å². The number of rotatable bonds is 4. The van der Waals surface area contributed by atoms with E-state index in [0.29, 0.717) is 6.10 Å². The van der Waals surface area contributed by atoms with E-state index in [-0.39, 0.29) is 29.0 Å². The molecule has 2 spiro atoms. The van der Waals surface area contributed by atoms with Crippen molar-refractivity contribution in [3.63, 3.8) is 0 Å². The van der Waals surface area contributed by atoms with Crippen molar-refractivity contribution in [2.45, 2.75) is 51.8 Å². The molecule has 0 saturated carbocycles. The van der Waals surface area contributed by atoms with Gasteiger partial charge in [-0.2, -0.15) is 0 Å². The van der Waals surface area contributed by atoms with Crippen molar-refractivity contribution in [3.8, 4) is 0 Å². The molecule has 0 bridgehead atoms. The van der Waals surface area contributed by atoms with E-state index < -0.39 is 0 Å². The van der Waals surface area contributed by atoms with E-state index in [2.05, 4.69) is 49.1 Å². The molecule has 4 saturated heterocycles. The maximum atomic E-state index is 6.19. The van der Waals surface area contributed by atoms with Crippen molar-refractivity contribution in [3.05, 3.63) is 0 Å². The van der Waals surface area contributed by atoms with Crippen LogP contribution in [0.2, 0.25) is 8.87 Å². The summed E-state index contributed by atoms with van der Waals surface area (Å²) in [4.78, 5) is 0. The Morgan fingerprint density at radius 1 is 1.09 bits per heavy atom. The maximum absolute atomic E-state index is 6.19. The quantitative estimate of drug-likeness (QED) is 0.476. The summed E-state index contributed by atoms with van der Waals surface area (Å²) in [6.07, 6.45) is 0.443. The summed E-state index contributed by atoms with van der Waals surface area (Å²) in [6.45, 7) is 5.53. The van der Waals surface area contributed by atoms with Gasteiger partial charge in [0.15, 0.2) is 0 Å². The number of ether oxygens (including phenoxy) is 2. The molecule has 4 fully saturated rings. The Balaban J connectivity index is 1.17. The molecule has 0 aromatic carbocycles. The van der Waals surface area contributed by atoms with Crippen molar-refractivity contribution in [2.24, 2.45) is 0 Å². The van der Waals surface area contributed by atoms with E-state index >= 15 is 0 Å². The van der Waals surface area contributed by atoms with Gasteiger partial charge in [0.25, 0.3) is 0 Å². The Hall–Kier alpha value is 2.82. The van der Waals surface area contributed by atoms with Crippen LogP contribution in [0, 0.1) is 0 Å². The Morgan fingerprint density at radius 2 is 2.00 bits per heavy atom. The molecule has 4 heterocycles. The first-order chi connectivity index (χ1) is 11.1. The van der Waals surface area contributed by atoms with Crippen LogP contribution < -0.4 is 0 Å². The third-order valence-corrected chi connectivity index (χ3v) is 21.1. The zero-order chi connectivity index (χ0) is 15.9. The molecule has 0 aliphatic carbocycles. The fourth-order valence-electron chi connectivity index (χ4n) is 2.92. The third-order valence-electron chi connectivity index (χ3n) is 3.96. The van der Waals surface area contributed by atoms with Gasteiger partial charge in [-0.3, -0.25) is 0 Å². The van der Waals surface area contributed by atoms with Gasteiger partial charge >= 0.3 is 177 Å². The average molecular weight is 533 g/mol. The molecule has 9 heteroatoms. The minimum atomic E-state index is -0.280. The minimum absolute atomic E-state index is 0.0644. The number of hydrogen-bond donors (Lipinski definition) is 0. The predicted molar refractivity (Wildman–Crippen MR) is 115 cm³/mol. The van der Waals surface area contributed by atoms with Crippen LogP contribution in [0.5, 0.6) is 0 Å². The molecule has 23 heavy (non-hydrogen) atoms. The fourth-order valence-corrected chi connectivity index (χ4v) is 20.6. The van der Waals surface area contributed by atoms with Crippen molar-refractivity contribution in [1.29, 1.82) is 0 Å². The van der Waals surface area contributed by atoms with E-state index in [1.807, 2.05) is 35.3 Å². The van der Waals surface area contributed by atoms with Crippen LogP contribution in [0.4, 0.5) is 0 Å². The third kappa shape index (κ3) is 4.63. The Morgan fingerprint density at radius 3 is 2.74 bits per heavy atom. The second-order valence-electron chi connectivity index (χ2n) is 6.23. The summed E-state index contributed by atoms with van der Waals surface area (Å²) in [5.41, 5.74) is 0. The van der Waals surface area contributed by atoms with Gasteiger partial charge in [0.2, 0.25) is 0 Å². The first-order valence-corrected chi connectivity index (χ1v) is 17.7. The van der Waals surface area contributed by atoms with Gasteiger partial charge < -0.3 is 0 Å². The van der Waals surface area contributed by atoms with Gasteiger partial charge in [0.1, 0.15) is 0 Å². The molecule has 4 aliphatic rings. The summed E-state index contributed by atoms with van der Waals surface area (Å²) in [5, 5.41) is 1.52. The zero-order valence-corrected chi connectivity index (χ0v) is 21.1. The molecular weight excluding hydrogens is 511 g/mol. The molecule has 4 aliphatic heterocycles. The molecule has 0 aromatic heterocycles. The molecule has 130 valence electrons. The van der Waals surface area contributed by atoms with E-state index in [1.54, 1.807) is 0 Å². The van der Waals surface area contributed by atoms with Crippen molar-refractivity contribution >= 4 is 91.7 Å². The summed E-state index contributed by atoms with van der Waals surface area (Å²) in [6, 6.07) is 0. The topological polar surface area (TPSA) is 18.5 Å². The first kappa shape index (κ1) is 19.1. The Bertz CT molecular complexity index is 407. The van der Waals surface area contributed by atoms with Crippen LogP contribution in [0.1, 0.15) is 13.8 Å². The monoisotopic (exact) mass is 534 g/mol. The zero-order valence-electron chi connectivity index (χ0n) is 13.3. The number of thioether (sulfide) groups is 6. The normalized spacial score (nSPS) is 49.8. The van der Waals surface area contributed by atoms with Gasteiger partial charge in [-0.1, -0.05) is 0 Å². The summed E-state index contributed by atoms with van der Waals surface area (Å²) in [5.74, 6) is 3.61. The molecule has 2 radical (unpaired) electrons. The molecule has 0 aromatic rings. The van der Waals surface area contributed by atoms with E-state index in [9.17, 15) is 0 Å². The Kier molecular flexibility index (Phi) is 6.70. The van der Waals surface area contributed by atoms with Crippen LogP contribution in [-0.2, 0) is 9.47 Å². The van der Waals surface area contributed by atoms with Crippen molar-refractivity contribution in [1.82, 2.24) is 0 Å². The molecule has 0 N–H and O–H groups in total. The van der Waals surface area contributed by atoms with Crippen molar-refractivity contribution in [2.75, 3.05) is 23.9 Å². The average Bonchev–Trinajstić information content (AvgIpc) is 3.25. The summed E-state index contributed by atoms with van der Waals surface area (Å²) < 4.78 is 16.3. The van der Waals surface area contributed by atoms with E-state index in [1.165, 1.54) is 26.1 Å². The predicted octanol–water partition coefficient (Wildman–Crippen LogP) is 4.75. The Labute approximate surface area is 175 Å². The molecule has 2 nitrogen and oxygen atoms in total. The van der Waals surface area contributed by atoms with Crippen LogP contribution >= 0.6 is 70.6 Å². The van der Waals surface area contributed by atoms with Gasteiger partial charge in [0.05, 0.1) is 0 Å². The molecule has 6 unspecified atom stereocenters. The van der Waals surface area contributed by atoms with Crippen LogP contribution in [0.25, 0.3) is 0 Å². The van der Waals surface area contributed by atoms with Crippen LogP contribution in [0.3, 0.4) is 0 Å². The first-order valence-electron chi connectivity index (χ1n) is 8.02. The molecule has 6 atom stereocenters. The molecular formula is C14H22O2S6Sn. The van der Waals surface area contributed by atoms with Gasteiger partial charge in [0, 0.05) is 0 Å². The fraction of sp³-hybridized carbons (Fsp3) is 1.00. The second-order valence-corrected chi connectivity index (χ2v) is 19.5. The standard InChI is InChI=1S/2C7H11OS3.Sn/c1-5-3-10-7(8-5)4-9-6(2)11-7;1-5-3-8-7(10-5)9-4-6(2)11-7;/h5-6H,2-4H2,1H3;5-6H,1,3-4H2,2H3;. The van der Waals surface area contributed by atoms with Crippen LogP contribution in [0.15, 0.2) is 0 Å². The second kappa shape index (κ2) is 8.05. The van der Waals surface area contributed by atoms with E-state index in [0.717, 1.165) is 21.7 Å². The van der Waals surface area contributed by atoms with Gasteiger partial charge in [-0.15, -0.1) is 0 Å². The van der Waals surface area contributed by atoms with Gasteiger partial charge in [-0.05, 0) is 0 Å². The SMILES string of the molecule is CC1CSC2(CSC([CH2][Sn][CH2]C3COC4(SCC(C)S4)S3)S2)O1. The van der Waals surface area contributed by atoms with Crippen LogP contribution in [-0.4, -0.2) is 74.1 Å². The van der Waals surface area contributed by atoms with E-state index in [4.69, 9.17) is 9.47 Å². The molecule has 4 rings (SSSR count). The summed E-state index contributed by atoms with van der Waals surface area (Å²) >= 11 is 12.3. The van der Waals surface area contributed by atoms with Crippen molar-refractivity contribution < 1.29 is 9.47 Å². The number of hydrogen-bond acceptors (Lipinski definition) is 8. The molecule has 0 amide bonds.